The maximum absolute atomic E-state index is 15.2. The van der Waals surface area contributed by atoms with Gasteiger partial charge < -0.3 is 71.1 Å². The smallest absolute Gasteiger partial charge is 0.338 e. The number of hydrogen-bond donors (Lipinski definition) is 0. The van der Waals surface area contributed by atoms with Crippen molar-refractivity contribution >= 4 is 29.8 Å². The van der Waals surface area contributed by atoms with Gasteiger partial charge in [0.1, 0.15) is 49.3 Å². The summed E-state index contributed by atoms with van der Waals surface area (Å²) in [5.74, 6) is -5.65. The molecule has 20 nitrogen and oxygen atoms in total. The normalized spacial score (nSPS) is 24.7. The minimum Gasteiger partial charge on any atom is -0.458 e. The second-order valence-electron chi connectivity index (χ2n) is 24.0. The Balaban J connectivity index is 0.941. The van der Waals surface area contributed by atoms with Gasteiger partial charge in [0, 0.05) is 0 Å². The van der Waals surface area contributed by atoms with E-state index >= 15 is 4.79 Å². The first-order valence-corrected chi connectivity index (χ1v) is 32.1. The van der Waals surface area contributed by atoms with Crippen LogP contribution in [0, 0.1) is 0 Å². The van der Waals surface area contributed by atoms with Crippen LogP contribution in [-0.2, 0) is 102 Å². The van der Waals surface area contributed by atoms with Gasteiger partial charge in [0.05, 0.1) is 61.9 Å². The van der Waals surface area contributed by atoms with Crippen molar-refractivity contribution in [2.24, 2.45) is 0 Å². The Morgan fingerprint density at radius 1 is 0.443 bits per heavy atom. The fourth-order valence-electron chi connectivity index (χ4n) is 11.8. The summed E-state index contributed by atoms with van der Waals surface area (Å²) in [5.41, 5.74) is 3.86. The predicted octanol–water partition coefficient (Wildman–Crippen LogP) is 10.8. The molecule has 0 N–H and O–H groups in total. The average Bonchev–Trinajstić information content (AvgIpc) is 1.62. The van der Waals surface area contributed by atoms with Crippen LogP contribution in [0.2, 0.25) is 0 Å². The molecule has 0 spiro atoms. The van der Waals surface area contributed by atoms with Crippen LogP contribution in [0.15, 0.2) is 243 Å². The Labute approximate surface area is 561 Å². The Bertz CT molecular complexity index is 3800. The van der Waals surface area contributed by atoms with Crippen LogP contribution in [-0.4, -0.2) is 141 Å². The topological polar surface area (TPSA) is 224 Å². The molecule has 502 valence electrons. The monoisotopic (exact) mass is 1320 g/mol. The van der Waals surface area contributed by atoms with Crippen molar-refractivity contribution in [3.63, 3.8) is 0 Å². The molecule has 0 bridgehead atoms. The van der Waals surface area contributed by atoms with Gasteiger partial charge in [0.25, 0.3) is 0 Å². The SMILES string of the molecule is CC1(C)OC[C@H]([C@@H]2OC(=O)[C@H](O[C@H]3O[C@@H]([C@@H](COCc4ccccc4)OCc4ccccc4)[C@H](OCc4ccccc4)[C@H]3OCc3ccccc3)[C@H]2O[C@@H]2O[C@@H]([C@@H](COC(=O)c3ccccc3)OC(=O)c3ccccc3)[C@H](OC(=O)c3ccccc3)[C@H]2OC(=O)c2ccccc2)O1. The van der Waals surface area contributed by atoms with E-state index in [0.717, 1.165) is 22.3 Å². The first-order chi connectivity index (χ1) is 47.4. The van der Waals surface area contributed by atoms with Gasteiger partial charge in [0.2, 0.25) is 0 Å². The van der Waals surface area contributed by atoms with Gasteiger partial charge in [-0.1, -0.05) is 194 Å². The van der Waals surface area contributed by atoms with Crippen molar-refractivity contribution in [2.45, 2.75) is 132 Å². The molecule has 12 rings (SSSR count). The third-order valence-electron chi connectivity index (χ3n) is 16.7. The lowest BCUT2D eigenvalue weighted by molar-refractivity contribution is -0.258. The van der Waals surface area contributed by atoms with Crippen LogP contribution in [0.5, 0.6) is 0 Å². The second kappa shape index (κ2) is 32.6. The van der Waals surface area contributed by atoms with Crippen LogP contribution in [0.3, 0.4) is 0 Å². The molecule has 4 fully saturated rings. The lowest BCUT2D eigenvalue weighted by atomic mass is 10.0. The zero-order chi connectivity index (χ0) is 66.9. The van der Waals surface area contributed by atoms with Gasteiger partial charge in [-0.2, -0.15) is 0 Å². The highest BCUT2D eigenvalue weighted by Gasteiger charge is 2.62. The molecule has 0 aliphatic carbocycles. The summed E-state index contributed by atoms with van der Waals surface area (Å²) in [6.07, 6.45) is -20.1. The number of esters is 5. The van der Waals surface area contributed by atoms with Crippen LogP contribution in [0.1, 0.15) is 77.5 Å². The standard InChI is InChI=1S/C77H74O20/c1-77(2)88-49-60(97-77)63-65(95-76-69(92-73(81)57-41-25-10-26-42-57)66(91-72(80)56-39-23-9-24-40-56)62(94-76)59(89-71(79)55-37-21-8-22-38-55)48-87-70(78)54-35-19-7-20-36-54)67(74(82)90-63)96-75-68(86-46-53-33-17-6-18-34-53)64(85-45-52-31-15-5-16-32-52)61(93-75)58(84-44-51-29-13-4-14-30-51)47-83-43-50-27-11-3-12-28-50/h3-42,58-69,75-76H,43-49H2,1-2H3/t58-,59-,60-,61+,62+,63+,64+,65+,66+,67-,68-,69-,75-,76+/m1/s1. The van der Waals surface area contributed by atoms with E-state index in [0.29, 0.717) is 0 Å². The molecule has 14 atom stereocenters. The summed E-state index contributed by atoms with van der Waals surface area (Å²) in [6.45, 7) is 3.06. The van der Waals surface area contributed by atoms with Crippen LogP contribution < -0.4 is 0 Å². The molecule has 0 saturated carbocycles. The Kier molecular flexibility index (Phi) is 22.8. The van der Waals surface area contributed by atoms with Gasteiger partial charge in [-0.25, -0.2) is 24.0 Å². The van der Waals surface area contributed by atoms with Gasteiger partial charge in [-0.05, 0) is 84.6 Å². The Morgan fingerprint density at radius 3 is 1.36 bits per heavy atom. The van der Waals surface area contributed by atoms with Crippen LogP contribution >= 0.6 is 0 Å². The molecule has 8 aromatic rings. The van der Waals surface area contributed by atoms with Crippen molar-refractivity contribution in [2.75, 3.05) is 19.8 Å². The highest BCUT2D eigenvalue weighted by molar-refractivity contribution is 5.91. The van der Waals surface area contributed by atoms with E-state index in [-0.39, 0.29) is 61.9 Å². The molecule has 0 unspecified atom stereocenters. The molecule has 8 aromatic carbocycles. The number of benzene rings is 8. The van der Waals surface area contributed by atoms with E-state index in [1.165, 1.54) is 36.4 Å². The summed E-state index contributed by atoms with van der Waals surface area (Å²) in [5, 5.41) is 0. The number of cyclic esters (lactones) is 1. The fourth-order valence-corrected chi connectivity index (χ4v) is 11.8. The van der Waals surface area contributed by atoms with Gasteiger partial charge in [-0.15, -0.1) is 0 Å². The first-order valence-electron chi connectivity index (χ1n) is 32.1. The third kappa shape index (κ3) is 17.7. The molecule has 4 heterocycles. The average molecular weight is 1320 g/mol. The van der Waals surface area contributed by atoms with E-state index < -0.39 is 128 Å². The van der Waals surface area contributed by atoms with E-state index in [4.69, 9.17) is 71.1 Å². The van der Waals surface area contributed by atoms with Crippen molar-refractivity contribution in [1.82, 2.24) is 0 Å². The van der Waals surface area contributed by atoms with Gasteiger partial charge in [-0.3, -0.25) is 0 Å². The number of ether oxygens (including phenoxy) is 15. The second-order valence-corrected chi connectivity index (χ2v) is 24.0. The number of rotatable bonds is 29. The van der Waals surface area contributed by atoms with Crippen molar-refractivity contribution in [3.8, 4) is 0 Å². The van der Waals surface area contributed by atoms with E-state index in [1.54, 1.807) is 98.8 Å². The molecule has 20 heteroatoms. The largest absolute Gasteiger partial charge is 0.458 e. The number of carbonyl (C=O) groups is 5. The lowest BCUT2D eigenvalue weighted by Crippen LogP contribution is -2.50. The summed E-state index contributed by atoms with van der Waals surface area (Å²) in [7, 11) is 0. The quantitative estimate of drug-likeness (QED) is 0.0314. The zero-order valence-corrected chi connectivity index (χ0v) is 53.3. The number of carbonyl (C=O) groups excluding carboxylic acids is 5. The highest BCUT2D eigenvalue weighted by atomic mass is 16.8. The summed E-state index contributed by atoms with van der Waals surface area (Å²) in [6, 6.07) is 70.4. The third-order valence-corrected chi connectivity index (χ3v) is 16.7. The molecular weight excluding hydrogens is 1240 g/mol. The summed E-state index contributed by atoms with van der Waals surface area (Å²) in [4.78, 5) is 72.7. The highest BCUT2D eigenvalue weighted by Crippen LogP contribution is 2.41. The maximum Gasteiger partial charge on any atom is 0.338 e. The molecule has 4 aliphatic rings. The molecular formula is C77H74O20. The Morgan fingerprint density at radius 2 is 0.866 bits per heavy atom. The Hall–Kier alpha value is -9.29. The van der Waals surface area contributed by atoms with Crippen molar-refractivity contribution < 1.29 is 95.0 Å². The van der Waals surface area contributed by atoms with Crippen LogP contribution in [0.4, 0.5) is 0 Å². The lowest BCUT2D eigenvalue weighted by Gasteiger charge is -2.31. The van der Waals surface area contributed by atoms with E-state index in [2.05, 4.69) is 0 Å². The summed E-state index contributed by atoms with van der Waals surface area (Å²) < 4.78 is 99.2. The minimum absolute atomic E-state index is 0.00377. The summed E-state index contributed by atoms with van der Waals surface area (Å²) >= 11 is 0. The van der Waals surface area contributed by atoms with Gasteiger partial charge >= 0.3 is 29.8 Å². The van der Waals surface area contributed by atoms with Crippen molar-refractivity contribution in [1.29, 1.82) is 0 Å². The van der Waals surface area contributed by atoms with Crippen molar-refractivity contribution in [3.05, 3.63) is 287 Å². The minimum atomic E-state index is -1.88. The molecule has 0 amide bonds. The first kappa shape index (κ1) is 67.7. The molecule has 4 saturated heterocycles. The van der Waals surface area contributed by atoms with Gasteiger partial charge in [0.15, 0.2) is 48.9 Å². The van der Waals surface area contributed by atoms with Crippen LogP contribution in [0.25, 0.3) is 0 Å². The van der Waals surface area contributed by atoms with E-state index in [1.807, 2.05) is 121 Å². The number of hydrogen-bond acceptors (Lipinski definition) is 20. The molecule has 0 aromatic heterocycles. The maximum atomic E-state index is 15.2. The zero-order valence-electron chi connectivity index (χ0n) is 53.3. The molecule has 0 radical (unpaired) electrons. The fraction of sp³-hybridized carbons (Fsp3) is 0.312. The van der Waals surface area contributed by atoms with E-state index in [9.17, 15) is 19.2 Å². The molecule has 4 aliphatic heterocycles. The predicted molar refractivity (Wildman–Crippen MR) is 347 cm³/mol. The molecule has 97 heavy (non-hydrogen) atoms.